The second-order valence-corrected chi connectivity index (χ2v) is 4.81. The van der Waals surface area contributed by atoms with Gasteiger partial charge in [-0.1, -0.05) is 50.1 Å². The lowest BCUT2D eigenvalue weighted by atomic mass is 9.70. The molecule has 0 spiro atoms. The predicted octanol–water partition coefficient (Wildman–Crippen LogP) is 3.13. The Morgan fingerprint density at radius 2 is 1.80 bits per heavy atom. The van der Waals surface area contributed by atoms with Crippen LogP contribution in [0.2, 0.25) is 0 Å². The topological polar surface area (TPSA) is 20.2 Å². The fraction of sp³-hybridized carbons (Fsp3) is 0.571. The van der Waals surface area contributed by atoms with Crippen molar-refractivity contribution in [2.45, 2.75) is 38.0 Å². The zero-order valence-electron chi connectivity index (χ0n) is 9.45. The van der Waals surface area contributed by atoms with Gasteiger partial charge in [0.1, 0.15) is 0 Å². The second kappa shape index (κ2) is 4.36. The van der Waals surface area contributed by atoms with Crippen LogP contribution in [0.1, 0.15) is 38.2 Å². The quantitative estimate of drug-likeness (QED) is 0.802. The minimum absolute atomic E-state index is 0.246. The average Bonchev–Trinajstić information content (AvgIpc) is 2.79. The Bertz CT molecular complexity index is 298. The van der Waals surface area contributed by atoms with Crippen molar-refractivity contribution in [3.05, 3.63) is 35.9 Å². The minimum atomic E-state index is 0.246. The molecule has 2 rings (SSSR count). The van der Waals surface area contributed by atoms with Crippen LogP contribution in [0.3, 0.4) is 0 Å². The average molecular weight is 204 g/mol. The maximum atomic E-state index is 9.42. The summed E-state index contributed by atoms with van der Waals surface area (Å²) < 4.78 is 0. The van der Waals surface area contributed by atoms with E-state index in [1.807, 2.05) is 0 Å². The zero-order chi connectivity index (χ0) is 10.7. The van der Waals surface area contributed by atoms with Gasteiger partial charge < -0.3 is 5.11 Å². The summed E-state index contributed by atoms with van der Waals surface area (Å²) in [7, 11) is 0. The van der Waals surface area contributed by atoms with Gasteiger partial charge in [0.05, 0.1) is 0 Å². The number of hydrogen-bond acceptors (Lipinski definition) is 1. The van der Waals surface area contributed by atoms with Crippen LogP contribution >= 0.6 is 0 Å². The molecule has 0 amide bonds. The van der Waals surface area contributed by atoms with E-state index in [2.05, 4.69) is 37.3 Å². The summed E-state index contributed by atoms with van der Waals surface area (Å²) >= 11 is 0. The third kappa shape index (κ3) is 1.81. The molecule has 0 heterocycles. The maximum absolute atomic E-state index is 9.42. The van der Waals surface area contributed by atoms with E-state index in [-0.39, 0.29) is 5.41 Å². The standard InChI is InChI=1S/C14H20O/c1-12(11-15)14(9-5-6-10-14)13-7-3-2-4-8-13/h2-4,7-8,12,15H,5-6,9-11H2,1H3/t12-/m0/s1. The fourth-order valence-electron chi connectivity index (χ4n) is 3.02. The Labute approximate surface area is 92.1 Å². The molecule has 1 nitrogen and oxygen atoms in total. The lowest BCUT2D eigenvalue weighted by Gasteiger charge is -2.35. The minimum Gasteiger partial charge on any atom is -0.396 e. The summed E-state index contributed by atoms with van der Waals surface area (Å²) in [5.74, 6) is 0.377. The van der Waals surface area contributed by atoms with Crippen LogP contribution in [-0.4, -0.2) is 11.7 Å². The number of aliphatic hydroxyl groups excluding tert-OH is 1. The number of hydrogen-bond donors (Lipinski definition) is 1. The largest absolute Gasteiger partial charge is 0.396 e. The molecule has 1 saturated carbocycles. The van der Waals surface area contributed by atoms with Crippen molar-refractivity contribution in [3.8, 4) is 0 Å². The van der Waals surface area contributed by atoms with Gasteiger partial charge in [-0.3, -0.25) is 0 Å². The molecule has 1 fully saturated rings. The van der Waals surface area contributed by atoms with Gasteiger partial charge in [-0.25, -0.2) is 0 Å². The van der Waals surface area contributed by atoms with Crippen LogP contribution < -0.4 is 0 Å². The van der Waals surface area contributed by atoms with E-state index in [1.165, 1.54) is 31.2 Å². The zero-order valence-corrected chi connectivity index (χ0v) is 9.45. The smallest absolute Gasteiger partial charge is 0.0465 e. The first-order chi connectivity index (χ1) is 7.29. The van der Waals surface area contributed by atoms with Crippen molar-refractivity contribution in [1.29, 1.82) is 0 Å². The highest BCUT2D eigenvalue weighted by Crippen LogP contribution is 2.46. The van der Waals surface area contributed by atoms with Crippen molar-refractivity contribution in [3.63, 3.8) is 0 Å². The van der Waals surface area contributed by atoms with Crippen LogP contribution in [0.15, 0.2) is 30.3 Å². The van der Waals surface area contributed by atoms with Gasteiger partial charge in [0.25, 0.3) is 0 Å². The van der Waals surface area contributed by atoms with Gasteiger partial charge in [0.2, 0.25) is 0 Å². The fourth-order valence-corrected chi connectivity index (χ4v) is 3.02. The molecule has 1 aromatic carbocycles. The van der Waals surface area contributed by atoms with E-state index in [0.29, 0.717) is 12.5 Å². The van der Waals surface area contributed by atoms with Gasteiger partial charge in [0.15, 0.2) is 0 Å². The lowest BCUT2D eigenvalue weighted by molar-refractivity contribution is 0.163. The maximum Gasteiger partial charge on any atom is 0.0465 e. The van der Waals surface area contributed by atoms with Crippen molar-refractivity contribution >= 4 is 0 Å². The predicted molar refractivity (Wildman–Crippen MR) is 62.8 cm³/mol. The number of rotatable bonds is 3. The molecule has 1 N–H and O–H groups in total. The Hall–Kier alpha value is -0.820. The molecular weight excluding hydrogens is 184 g/mol. The first-order valence-electron chi connectivity index (χ1n) is 5.96. The Morgan fingerprint density at radius 1 is 1.20 bits per heavy atom. The van der Waals surface area contributed by atoms with Gasteiger partial charge >= 0.3 is 0 Å². The molecule has 0 aromatic heterocycles. The normalized spacial score (nSPS) is 21.5. The molecule has 0 unspecified atom stereocenters. The monoisotopic (exact) mass is 204 g/mol. The van der Waals surface area contributed by atoms with E-state index in [1.54, 1.807) is 0 Å². The van der Waals surface area contributed by atoms with Crippen LogP contribution in [0, 0.1) is 5.92 Å². The van der Waals surface area contributed by atoms with Crippen LogP contribution in [-0.2, 0) is 5.41 Å². The first kappa shape index (κ1) is 10.7. The summed E-state index contributed by atoms with van der Waals surface area (Å²) in [5, 5.41) is 9.42. The Morgan fingerprint density at radius 3 is 2.33 bits per heavy atom. The summed E-state index contributed by atoms with van der Waals surface area (Å²) in [4.78, 5) is 0. The summed E-state index contributed by atoms with van der Waals surface area (Å²) in [6.07, 6.45) is 5.08. The summed E-state index contributed by atoms with van der Waals surface area (Å²) in [5.41, 5.74) is 1.67. The van der Waals surface area contributed by atoms with Gasteiger partial charge in [0, 0.05) is 12.0 Å². The molecule has 1 atom stereocenters. The first-order valence-corrected chi connectivity index (χ1v) is 5.96. The van der Waals surface area contributed by atoms with Gasteiger partial charge in [-0.05, 0) is 24.3 Å². The van der Waals surface area contributed by atoms with E-state index in [4.69, 9.17) is 0 Å². The molecule has 1 aromatic rings. The molecule has 1 heteroatoms. The third-order valence-corrected chi connectivity index (χ3v) is 4.06. The lowest BCUT2D eigenvalue weighted by Crippen LogP contribution is -2.32. The van der Waals surface area contributed by atoms with Crippen molar-refractivity contribution in [1.82, 2.24) is 0 Å². The van der Waals surface area contributed by atoms with Gasteiger partial charge in [-0.15, -0.1) is 0 Å². The van der Waals surface area contributed by atoms with E-state index in [9.17, 15) is 5.11 Å². The van der Waals surface area contributed by atoms with Crippen LogP contribution in [0.4, 0.5) is 0 Å². The molecular formula is C14H20O. The number of benzene rings is 1. The van der Waals surface area contributed by atoms with E-state index < -0.39 is 0 Å². The van der Waals surface area contributed by atoms with Crippen molar-refractivity contribution < 1.29 is 5.11 Å². The summed E-state index contributed by atoms with van der Waals surface area (Å²) in [6.45, 7) is 2.48. The molecule has 82 valence electrons. The van der Waals surface area contributed by atoms with Crippen LogP contribution in [0.5, 0.6) is 0 Å². The SMILES string of the molecule is C[C@@H](CO)C1(c2ccccc2)CCCC1. The Kier molecular flexibility index (Phi) is 3.11. The highest BCUT2D eigenvalue weighted by molar-refractivity contribution is 5.27. The highest BCUT2D eigenvalue weighted by Gasteiger charge is 2.39. The highest BCUT2D eigenvalue weighted by atomic mass is 16.3. The van der Waals surface area contributed by atoms with Crippen LogP contribution in [0.25, 0.3) is 0 Å². The molecule has 0 saturated heterocycles. The molecule has 1 aliphatic carbocycles. The molecule has 15 heavy (non-hydrogen) atoms. The summed E-state index contributed by atoms with van der Waals surface area (Å²) in [6, 6.07) is 10.7. The van der Waals surface area contributed by atoms with Crippen molar-refractivity contribution in [2.24, 2.45) is 5.92 Å². The van der Waals surface area contributed by atoms with E-state index >= 15 is 0 Å². The molecule has 1 aliphatic rings. The van der Waals surface area contributed by atoms with Crippen molar-refractivity contribution in [2.75, 3.05) is 6.61 Å². The molecule has 0 bridgehead atoms. The second-order valence-electron chi connectivity index (χ2n) is 4.81. The molecule has 0 aliphatic heterocycles. The Balaban J connectivity index is 2.35. The van der Waals surface area contributed by atoms with Gasteiger partial charge in [-0.2, -0.15) is 0 Å². The molecule has 0 radical (unpaired) electrons. The number of aliphatic hydroxyl groups is 1. The van der Waals surface area contributed by atoms with E-state index in [0.717, 1.165) is 0 Å². The third-order valence-electron chi connectivity index (χ3n) is 4.06.